The normalized spacial score (nSPS) is 10.6. The molecule has 0 saturated carbocycles. The molecule has 1 N–H and O–H groups in total. The van der Waals surface area contributed by atoms with Gasteiger partial charge in [0, 0.05) is 11.3 Å². The largest absolute Gasteiger partial charge is 0.496 e. The molecule has 34 heavy (non-hydrogen) atoms. The molecule has 0 saturated heterocycles. The number of anilines is 1. The molecular weight excluding hydrogens is 448 g/mol. The van der Waals surface area contributed by atoms with E-state index in [0.29, 0.717) is 34.5 Å². The number of nitrogens with zero attached hydrogens (tertiary/aromatic N) is 3. The predicted molar refractivity (Wildman–Crippen MR) is 133 cm³/mol. The van der Waals surface area contributed by atoms with E-state index in [-0.39, 0.29) is 17.4 Å². The lowest BCUT2D eigenvalue weighted by atomic mass is 10.1. The molecule has 0 aliphatic heterocycles. The molecule has 0 bridgehead atoms. The number of carbonyl (C=O) groups is 2. The van der Waals surface area contributed by atoms with Crippen LogP contribution in [0.5, 0.6) is 5.75 Å². The fourth-order valence-corrected chi connectivity index (χ4v) is 4.19. The topological polar surface area (TPSA) is 86.1 Å². The summed E-state index contributed by atoms with van der Waals surface area (Å²) >= 11 is 1.31. The molecule has 3 aromatic carbocycles. The van der Waals surface area contributed by atoms with E-state index in [4.69, 9.17) is 4.74 Å². The minimum atomic E-state index is -0.173. The predicted octanol–water partition coefficient (Wildman–Crippen LogP) is 4.94. The van der Waals surface area contributed by atoms with Gasteiger partial charge in [-0.3, -0.25) is 14.2 Å². The van der Waals surface area contributed by atoms with Crippen molar-refractivity contribution in [2.75, 3.05) is 18.2 Å². The fourth-order valence-electron chi connectivity index (χ4n) is 3.45. The second-order valence-electron chi connectivity index (χ2n) is 7.55. The number of para-hydroxylation sites is 1. The first-order valence-electron chi connectivity index (χ1n) is 10.7. The first kappa shape index (κ1) is 23.3. The van der Waals surface area contributed by atoms with Crippen LogP contribution in [0.25, 0.3) is 11.4 Å². The number of carbonyl (C=O) groups excluding carboxylic acids is 2. The summed E-state index contributed by atoms with van der Waals surface area (Å²) in [5, 5.41) is 12.3. The van der Waals surface area contributed by atoms with Crippen LogP contribution in [0.1, 0.15) is 22.8 Å². The Kier molecular flexibility index (Phi) is 7.39. The molecule has 4 aromatic rings. The van der Waals surface area contributed by atoms with Crippen molar-refractivity contribution in [3.05, 3.63) is 90.0 Å². The highest BCUT2D eigenvalue weighted by molar-refractivity contribution is 7.99. The lowest BCUT2D eigenvalue weighted by molar-refractivity contribution is -0.113. The van der Waals surface area contributed by atoms with Gasteiger partial charge >= 0.3 is 0 Å². The quantitative estimate of drug-likeness (QED) is 0.274. The number of methoxy groups -OCH3 is 1. The van der Waals surface area contributed by atoms with E-state index < -0.39 is 0 Å². The van der Waals surface area contributed by atoms with Crippen molar-refractivity contribution in [2.24, 2.45) is 0 Å². The molecule has 0 unspecified atom stereocenters. The van der Waals surface area contributed by atoms with Gasteiger partial charge in [-0.25, -0.2) is 0 Å². The van der Waals surface area contributed by atoms with Crippen molar-refractivity contribution in [3.63, 3.8) is 0 Å². The molecule has 7 nitrogen and oxygen atoms in total. The Morgan fingerprint density at radius 2 is 1.65 bits per heavy atom. The van der Waals surface area contributed by atoms with Crippen molar-refractivity contribution in [3.8, 4) is 17.1 Å². The van der Waals surface area contributed by atoms with Crippen LogP contribution in [-0.4, -0.2) is 39.3 Å². The van der Waals surface area contributed by atoms with Gasteiger partial charge in [0.2, 0.25) is 5.91 Å². The third-order valence-electron chi connectivity index (χ3n) is 5.16. The van der Waals surface area contributed by atoms with Crippen molar-refractivity contribution < 1.29 is 14.3 Å². The van der Waals surface area contributed by atoms with Gasteiger partial charge in [-0.2, -0.15) is 0 Å². The summed E-state index contributed by atoms with van der Waals surface area (Å²) in [7, 11) is 1.62. The van der Waals surface area contributed by atoms with E-state index in [0.717, 1.165) is 11.1 Å². The molecule has 0 atom stereocenters. The number of ether oxygens (including phenoxy) is 1. The minimum absolute atomic E-state index is 0.0166. The molecule has 8 heteroatoms. The van der Waals surface area contributed by atoms with Gasteiger partial charge in [-0.05, 0) is 48.9 Å². The molecule has 0 radical (unpaired) electrons. The van der Waals surface area contributed by atoms with Gasteiger partial charge < -0.3 is 10.1 Å². The van der Waals surface area contributed by atoms with Crippen molar-refractivity contribution in [1.82, 2.24) is 14.8 Å². The lowest BCUT2D eigenvalue weighted by Gasteiger charge is -2.12. The number of rotatable bonds is 9. The number of hydrogen-bond donors (Lipinski definition) is 1. The average molecular weight is 473 g/mol. The third-order valence-corrected chi connectivity index (χ3v) is 6.12. The van der Waals surface area contributed by atoms with E-state index >= 15 is 0 Å². The van der Waals surface area contributed by atoms with Crippen molar-refractivity contribution in [2.45, 2.75) is 18.6 Å². The Balaban J connectivity index is 1.54. The summed E-state index contributed by atoms with van der Waals surface area (Å²) in [6, 6.07) is 24.5. The maximum atomic E-state index is 12.6. The van der Waals surface area contributed by atoms with Crippen LogP contribution in [0.3, 0.4) is 0 Å². The average Bonchev–Trinajstić information content (AvgIpc) is 3.25. The minimum Gasteiger partial charge on any atom is -0.496 e. The second-order valence-corrected chi connectivity index (χ2v) is 8.49. The van der Waals surface area contributed by atoms with Crippen LogP contribution in [0.2, 0.25) is 0 Å². The number of hydrogen-bond acceptors (Lipinski definition) is 6. The van der Waals surface area contributed by atoms with Crippen LogP contribution >= 0.6 is 11.8 Å². The smallest absolute Gasteiger partial charge is 0.234 e. The Bertz CT molecular complexity index is 1290. The molecule has 0 fully saturated rings. The Hall–Kier alpha value is -3.91. The Morgan fingerprint density at radius 1 is 0.941 bits per heavy atom. The van der Waals surface area contributed by atoms with Gasteiger partial charge in [-0.1, -0.05) is 54.2 Å². The summed E-state index contributed by atoms with van der Waals surface area (Å²) < 4.78 is 7.52. The van der Waals surface area contributed by atoms with Crippen LogP contribution in [0.4, 0.5) is 5.69 Å². The molecule has 1 amide bonds. The maximum Gasteiger partial charge on any atom is 0.234 e. The number of Topliss-reactive ketones (excluding diaryl/α,β-unsaturated/α-hetero) is 1. The molecule has 0 spiro atoms. The number of aromatic nitrogens is 3. The standard InChI is InChI=1S/C26H24N4O3S/c1-18(31)20-12-14-21(15-13-20)27-24(32)17-34-26-29-28-25(22-10-6-7-11-23(22)33-2)30(26)16-19-8-4-3-5-9-19/h3-15H,16-17H2,1-2H3,(H,27,32). The van der Waals surface area contributed by atoms with Crippen molar-refractivity contribution in [1.29, 1.82) is 0 Å². The highest BCUT2D eigenvalue weighted by Gasteiger charge is 2.19. The Morgan fingerprint density at radius 3 is 2.35 bits per heavy atom. The Labute approximate surface area is 202 Å². The highest BCUT2D eigenvalue weighted by Crippen LogP contribution is 2.31. The zero-order valence-corrected chi connectivity index (χ0v) is 19.7. The summed E-state index contributed by atoms with van der Waals surface area (Å²) in [5.41, 5.74) is 3.16. The van der Waals surface area contributed by atoms with Gasteiger partial charge in [-0.15, -0.1) is 10.2 Å². The van der Waals surface area contributed by atoms with Crippen LogP contribution < -0.4 is 10.1 Å². The number of nitrogens with one attached hydrogen (secondary N) is 1. The second kappa shape index (κ2) is 10.8. The number of benzene rings is 3. The van der Waals surface area contributed by atoms with Gasteiger partial charge in [0.05, 0.1) is 25.0 Å². The summed E-state index contributed by atoms with van der Waals surface area (Å²) in [6.45, 7) is 2.06. The van der Waals surface area contributed by atoms with E-state index in [2.05, 4.69) is 15.5 Å². The zero-order chi connectivity index (χ0) is 23.9. The molecule has 1 heterocycles. The van der Waals surface area contributed by atoms with Crippen LogP contribution in [0.15, 0.2) is 84.0 Å². The van der Waals surface area contributed by atoms with Crippen molar-refractivity contribution >= 4 is 29.1 Å². The van der Waals surface area contributed by atoms with E-state index in [9.17, 15) is 9.59 Å². The van der Waals surface area contributed by atoms with E-state index in [1.165, 1.54) is 18.7 Å². The highest BCUT2D eigenvalue weighted by atomic mass is 32.2. The fraction of sp³-hybridized carbons (Fsp3) is 0.154. The number of amides is 1. The maximum absolute atomic E-state index is 12.6. The van der Waals surface area contributed by atoms with Crippen LogP contribution in [-0.2, 0) is 11.3 Å². The first-order chi connectivity index (χ1) is 16.5. The first-order valence-corrected chi connectivity index (χ1v) is 11.7. The molecule has 0 aliphatic carbocycles. The summed E-state index contributed by atoms with van der Waals surface area (Å²) in [4.78, 5) is 24.0. The van der Waals surface area contributed by atoms with E-state index in [1.807, 2.05) is 59.2 Å². The van der Waals surface area contributed by atoms with Crippen LogP contribution in [0, 0.1) is 0 Å². The number of ketones is 1. The molecule has 172 valence electrons. The monoisotopic (exact) mass is 472 g/mol. The van der Waals surface area contributed by atoms with Gasteiger partial charge in [0.15, 0.2) is 16.8 Å². The van der Waals surface area contributed by atoms with E-state index in [1.54, 1.807) is 31.4 Å². The summed E-state index contributed by atoms with van der Waals surface area (Å²) in [5.74, 6) is 1.34. The molecule has 1 aromatic heterocycles. The summed E-state index contributed by atoms with van der Waals surface area (Å²) in [6.07, 6.45) is 0. The number of thioether (sulfide) groups is 1. The SMILES string of the molecule is COc1ccccc1-c1nnc(SCC(=O)Nc2ccc(C(C)=O)cc2)n1Cc1ccccc1. The third kappa shape index (κ3) is 5.52. The van der Waals surface area contributed by atoms with Gasteiger partial charge in [0.1, 0.15) is 5.75 Å². The zero-order valence-electron chi connectivity index (χ0n) is 18.9. The molecule has 4 rings (SSSR count). The lowest BCUT2D eigenvalue weighted by Crippen LogP contribution is -2.15. The van der Waals surface area contributed by atoms with Gasteiger partial charge in [0.25, 0.3) is 0 Å². The molecular formula is C26H24N4O3S. The molecule has 0 aliphatic rings.